The van der Waals surface area contributed by atoms with Crippen molar-refractivity contribution < 1.29 is 19.1 Å². The van der Waals surface area contributed by atoms with E-state index in [4.69, 9.17) is 4.74 Å². The topological polar surface area (TPSA) is 72.5 Å². The summed E-state index contributed by atoms with van der Waals surface area (Å²) in [7, 11) is 0. The summed E-state index contributed by atoms with van der Waals surface area (Å²) >= 11 is 0. The van der Waals surface area contributed by atoms with Crippen LogP contribution >= 0.6 is 0 Å². The minimum Gasteiger partial charge on any atom is -0.485 e. The highest BCUT2D eigenvalue weighted by molar-refractivity contribution is 6.09. The molecule has 5 heteroatoms. The van der Waals surface area contributed by atoms with Crippen molar-refractivity contribution in [2.24, 2.45) is 0 Å². The molecule has 0 saturated carbocycles. The van der Waals surface area contributed by atoms with Gasteiger partial charge in [0.25, 0.3) is 0 Å². The lowest BCUT2D eigenvalue weighted by Crippen LogP contribution is -2.12. The first-order chi connectivity index (χ1) is 14.1. The number of rotatable bonds is 8. The van der Waals surface area contributed by atoms with Gasteiger partial charge in [0.2, 0.25) is 5.91 Å². The lowest BCUT2D eigenvalue weighted by atomic mass is 10.0. The second-order valence-corrected chi connectivity index (χ2v) is 6.41. The Morgan fingerprint density at radius 1 is 0.759 bits per heavy atom. The molecule has 3 rings (SSSR count). The molecule has 0 aliphatic heterocycles. The SMILES string of the molecule is CCC(=O)Nc1ccc(C(=O)COc2ccc(C(=O)c3ccccc3)cc2)cc1. The zero-order chi connectivity index (χ0) is 20.6. The van der Waals surface area contributed by atoms with E-state index in [1.54, 1.807) is 67.6 Å². The van der Waals surface area contributed by atoms with E-state index in [9.17, 15) is 14.4 Å². The van der Waals surface area contributed by atoms with E-state index >= 15 is 0 Å². The third kappa shape index (κ3) is 5.39. The molecule has 3 aromatic carbocycles. The molecule has 0 bridgehead atoms. The molecule has 0 atom stereocenters. The van der Waals surface area contributed by atoms with Crippen LogP contribution in [-0.2, 0) is 4.79 Å². The quantitative estimate of drug-likeness (QED) is 0.577. The van der Waals surface area contributed by atoms with Gasteiger partial charge in [-0.15, -0.1) is 0 Å². The fourth-order valence-corrected chi connectivity index (χ4v) is 2.68. The van der Waals surface area contributed by atoms with Crippen LogP contribution in [0.3, 0.4) is 0 Å². The fraction of sp³-hybridized carbons (Fsp3) is 0.125. The van der Waals surface area contributed by atoms with Gasteiger partial charge in [-0.05, 0) is 48.5 Å². The molecule has 0 aliphatic carbocycles. The highest BCUT2D eigenvalue weighted by atomic mass is 16.5. The molecule has 1 N–H and O–H groups in total. The summed E-state index contributed by atoms with van der Waals surface area (Å²) in [6.45, 7) is 1.65. The fourth-order valence-electron chi connectivity index (χ4n) is 2.68. The zero-order valence-corrected chi connectivity index (χ0v) is 16.1. The van der Waals surface area contributed by atoms with Crippen LogP contribution in [0.15, 0.2) is 78.9 Å². The van der Waals surface area contributed by atoms with Crippen molar-refractivity contribution in [1.29, 1.82) is 0 Å². The molecule has 0 fully saturated rings. The molecule has 29 heavy (non-hydrogen) atoms. The van der Waals surface area contributed by atoms with Gasteiger partial charge in [-0.3, -0.25) is 14.4 Å². The van der Waals surface area contributed by atoms with Gasteiger partial charge in [-0.1, -0.05) is 37.3 Å². The van der Waals surface area contributed by atoms with Gasteiger partial charge >= 0.3 is 0 Å². The first kappa shape index (κ1) is 20.0. The Morgan fingerprint density at radius 3 is 1.97 bits per heavy atom. The first-order valence-electron chi connectivity index (χ1n) is 9.32. The molecule has 3 aromatic rings. The number of benzene rings is 3. The van der Waals surface area contributed by atoms with Crippen LogP contribution in [0.2, 0.25) is 0 Å². The van der Waals surface area contributed by atoms with Crippen molar-refractivity contribution in [2.45, 2.75) is 13.3 Å². The molecular formula is C24H21NO4. The van der Waals surface area contributed by atoms with E-state index in [0.29, 0.717) is 34.5 Å². The van der Waals surface area contributed by atoms with Crippen molar-refractivity contribution in [3.05, 3.63) is 95.6 Å². The molecule has 0 spiro atoms. The number of nitrogens with one attached hydrogen (secondary N) is 1. The Bertz CT molecular complexity index is 993. The molecular weight excluding hydrogens is 366 g/mol. The molecule has 0 saturated heterocycles. The average Bonchev–Trinajstić information content (AvgIpc) is 2.78. The summed E-state index contributed by atoms with van der Waals surface area (Å²) in [6.07, 6.45) is 0.393. The average molecular weight is 387 g/mol. The number of ketones is 2. The predicted molar refractivity (Wildman–Crippen MR) is 112 cm³/mol. The minimum atomic E-state index is -0.178. The number of hydrogen-bond acceptors (Lipinski definition) is 4. The molecule has 0 unspecified atom stereocenters. The summed E-state index contributed by atoms with van der Waals surface area (Å²) in [5.74, 6) is 0.183. The molecule has 5 nitrogen and oxygen atoms in total. The predicted octanol–water partition coefficient (Wildman–Crippen LogP) is 4.53. The van der Waals surface area contributed by atoms with Gasteiger partial charge in [0.05, 0.1) is 0 Å². The second-order valence-electron chi connectivity index (χ2n) is 6.41. The molecule has 0 aliphatic rings. The monoisotopic (exact) mass is 387 g/mol. The van der Waals surface area contributed by atoms with Crippen LogP contribution in [-0.4, -0.2) is 24.1 Å². The van der Waals surface area contributed by atoms with Gasteiger partial charge < -0.3 is 10.1 Å². The summed E-state index contributed by atoms with van der Waals surface area (Å²) in [4.78, 5) is 36.1. The number of carbonyl (C=O) groups excluding carboxylic acids is 3. The molecule has 1 amide bonds. The number of ether oxygens (including phenoxy) is 1. The summed E-state index contributed by atoms with van der Waals surface area (Å²) in [5, 5.41) is 2.73. The number of hydrogen-bond donors (Lipinski definition) is 1. The van der Waals surface area contributed by atoms with Crippen LogP contribution < -0.4 is 10.1 Å². The van der Waals surface area contributed by atoms with Crippen LogP contribution in [0.5, 0.6) is 5.75 Å². The molecule has 0 aromatic heterocycles. The maximum atomic E-state index is 12.4. The van der Waals surface area contributed by atoms with Gasteiger partial charge in [0.15, 0.2) is 18.2 Å². The third-order valence-corrected chi connectivity index (χ3v) is 4.33. The highest BCUT2D eigenvalue weighted by Gasteiger charge is 2.10. The smallest absolute Gasteiger partial charge is 0.224 e. The summed E-state index contributed by atoms with van der Waals surface area (Å²) < 4.78 is 5.54. The standard InChI is InChI=1S/C24H21NO4/c1-2-23(27)25-20-12-8-17(9-13-20)22(26)16-29-21-14-10-19(11-15-21)24(28)18-6-4-3-5-7-18/h3-15H,2,16H2,1H3,(H,25,27). The van der Waals surface area contributed by atoms with Crippen LogP contribution in [0.25, 0.3) is 0 Å². The van der Waals surface area contributed by atoms with Gasteiger partial charge in [-0.2, -0.15) is 0 Å². The van der Waals surface area contributed by atoms with Crippen molar-refractivity contribution >= 4 is 23.2 Å². The summed E-state index contributed by atoms with van der Waals surface area (Å²) in [5.41, 5.74) is 2.32. The van der Waals surface area contributed by atoms with Gasteiger partial charge in [0.1, 0.15) is 5.75 Å². The van der Waals surface area contributed by atoms with Crippen molar-refractivity contribution in [3.63, 3.8) is 0 Å². The van der Waals surface area contributed by atoms with Crippen LogP contribution in [0.4, 0.5) is 5.69 Å². The van der Waals surface area contributed by atoms with Gasteiger partial charge in [-0.25, -0.2) is 0 Å². The minimum absolute atomic E-state index is 0.0662. The normalized spacial score (nSPS) is 10.2. The largest absolute Gasteiger partial charge is 0.485 e. The Balaban J connectivity index is 1.56. The van der Waals surface area contributed by atoms with Crippen LogP contribution in [0.1, 0.15) is 39.6 Å². The molecule has 0 heterocycles. The number of anilines is 1. The third-order valence-electron chi connectivity index (χ3n) is 4.33. The van der Waals surface area contributed by atoms with E-state index in [1.165, 1.54) is 0 Å². The second kappa shape index (κ2) is 9.46. The zero-order valence-electron chi connectivity index (χ0n) is 16.1. The maximum absolute atomic E-state index is 12.4. The van der Waals surface area contributed by atoms with Crippen molar-refractivity contribution in [2.75, 3.05) is 11.9 Å². The van der Waals surface area contributed by atoms with E-state index in [2.05, 4.69) is 5.32 Å². The lowest BCUT2D eigenvalue weighted by molar-refractivity contribution is -0.115. The Hall–Kier alpha value is -3.73. The maximum Gasteiger partial charge on any atom is 0.224 e. The number of Topliss-reactive ketones (excluding diaryl/α,β-unsaturated/α-hetero) is 1. The van der Waals surface area contributed by atoms with E-state index in [-0.39, 0.29) is 24.1 Å². The van der Waals surface area contributed by atoms with Crippen molar-refractivity contribution in [1.82, 2.24) is 0 Å². The summed E-state index contributed by atoms with van der Waals surface area (Å²) in [6, 6.07) is 22.4. The first-order valence-corrected chi connectivity index (χ1v) is 9.32. The lowest BCUT2D eigenvalue weighted by Gasteiger charge is -2.08. The Labute approximate surface area is 169 Å². The van der Waals surface area contributed by atoms with E-state index in [1.807, 2.05) is 18.2 Å². The van der Waals surface area contributed by atoms with E-state index < -0.39 is 0 Å². The Morgan fingerprint density at radius 2 is 1.34 bits per heavy atom. The highest BCUT2D eigenvalue weighted by Crippen LogP contribution is 2.16. The Kier molecular flexibility index (Phi) is 6.53. The van der Waals surface area contributed by atoms with Gasteiger partial charge in [0, 0.05) is 28.8 Å². The molecule has 146 valence electrons. The van der Waals surface area contributed by atoms with Crippen LogP contribution in [0, 0.1) is 0 Å². The van der Waals surface area contributed by atoms with Crippen molar-refractivity contribution in [3.8, 4) is 5.75 Å². The molecule has 0 radical (unpaired) electrons. The number of carbonyl (C=O) groups is 3. The number of amides is 1. The van der Waals surface area contributed by atoms with E-state index in [0.717, 1.165) is 0 Å².